The van der Waals surface area contributed by atoms with Crippen LogP contribution in [0.1, 0.15) is 68.6 Å². The lowest BCUT2D eigenvalue weighted by Gasteiger charge is -2.26. The Balaban J connectivity index is 0.000000338. The van der Waals surface area contributed by atoms with Crippen LogP contribution in [0.5, 0.6) is 0 Å². The average Bonchev–Trinajstić information content (AvgIpc) is 1.37. The molecule has 10 rings (SSSR count). The number of benzene rings is 9. The molecule has 1 heterocycles. The number of epoxide rings is 1. The molecule has 0 aromatic heterocycles. The second-order valence-corrected chi connectivity index (χ2v) is 30.6. The van der Waals surface area contributed by atoms with Crippen molar-refractivity contribution < 1.29 is 39.1 Å². The van der Waals surface area contributed by atoms with Gasteiger partial charge in [-0.15, -0.1) is 0 Å². The van der Waals surface area contributed by atoms with Crippen LogP contribution >= 0.6 is 171 Å². The van der Waals surface area contributed by atoms with E-state index >= 15 is 0 Å². The smallest absolute Gasteiger partial charge is 0.173 e. The molecular formula is C81H95Br2Cl12N7O8. The van der Waals surface area contributed by atoms with E-state index in [-0.39, 0.29) is 24.5 Å². The van der Waals surface area contributed by atoms with Crippen LogP contribution in [-0.2, 0) is 18.9 Å². The van der Waals surface area contributed by atoms with E-state index in [4.69, 9.17) is 169 Å². The number of aliphatic hydroxyl groups is 3. The van der Waals surface area contributed by atoms with Gasteiger partial charge in [0.05, 0.1) is 94.8 Å². The summed E-state index contributed by atoms with van der Waals surface area (Å²) in [6.45, 7) is 8.42. The third-order valence-electron chi connectivity index (χ3n) is 15.4. The van der Waals surface area contributed by atoms with Crippen molar-refractivity contribution in [2.24, 2.45) is 0 Å². The number of ether oxygens (including phenoxy) is 4. The van der Waals surface area contributed by atoms with Crippen molar-refractivity contribution in [3.05, 3.63) is 294 Å². The first-order valence-electron chi connectivity index (χ1n) is 34.1. The lowest BCUT2D eigenvalue weighted by Crippen LogP contribution is -2.31. The molecule has 0 spiro atoms. The molecule has 1 saturated heterocycles. The molecule has 0 unspecified atom stereocenters. The van der Waals surface area contributed by atoms with Crippen LogP contribution < -0.4 is 21.7 Å². The highest BCUT2D eigenvalue weighted by molar-refractivity contribution is 9.09. The van der Waals surface area contributed by atoms with Gasteiger partial charge in [-0.3, -0.25) is 4.79 Å². The van der Waals surface area contributed by atoms with Gasteiger partial charge >= 0.3 is 0 Å². The Labute approximate surface area is 725 Å². The van der Waals surface area contributed by atoms with Crippen molar-refractivity contribution in [3.63, 3.8) is 0 Å². The van der Waals surface area contributed by atoms with Crippen LogP contribution in [0.25, 0.3) is 0 Å². The number of alkyl halides is 2. The average molecular weight is 1880 g/mol. The van der Waals surface area contributed by atoms with Crippen LogP contribution in [0.3, 0.4) is 0 Å². The minimum absolute atomic E-state index is 0.00231. The molecule has 9 aromatic rings. The number of Topliss-reactive ketones (excluding diaryl/α,β-unsaturated/α-hetero) is 1. The topological polar surface area (TPSA) is 190 Å². The molecule has 0 saturated carbocycles. The largest absolute Gasteiger partial charge is 0.398 e. The highest BCUT2D eigenvalue weighted by atomic mass is 79.9. The second-order valence-electron chi connectivity index (χ2n) is 24.2. The van der Waals surface area contributed by atoms with Gasteiger partial charge in [0.2, 0.25) is 0 Å². The maximum atomic E-state index is 11.0. The molecule has 1 fully saturated rings. The predicted octanol–water partition coefficient (Wildman–Crippen LogP) is 22.6. The Morgan fingerprint density at radius 2 is 0.809 bits per heavy atom. The SMILES string of the molecule is CN(CCO)C[C@H](Nc1ccc(Cl)cc1Cl)c1ccc(Cl)cc1.CNCCOC.COCCN(C)C[C@H](Nc1ccc(Cl)cc1Cl)c1ccc(Cl)cc1.COCCN(C)C[C@H](O)c1ccc(Cl)cc1.Clc1ccc([C@@H]2CO2)cc1.Nc1ccc(Cl)cc1Cl.O=C(CBr)c1ccc(Cl)cc1.O[C@@H](CBr)c1ccc(Cl)cc1. The van der Waals surface area contributed by atoms with Crippen LogP contribution in [0, 0.1) is 0 Å². The number of nitrogens with zero attached hydrogens (tertiary/aromatic N) is 3. The first-order valence-corrected chi connectivity index (χ1v) is 40.9. The number of likely N-dealkylation sites (N-methyl/N-ethyl adjacent to an activating group) is 4. The fourth-order valence-electron chi connectivity index (χ4n) is 9.21. The number of carbonyl (C=O) groups is 1. The maximum Gasteiger partial charge on any atom is 0.173 e. The number of ketones is 1. The molecule has 600 valence electrons. The molecule has 1 aliphatic heterocycles. The third kappa shape index (κ3) is 43.1. The first kappa shape index (κ1) is 100. The van der Waals surface area contributed by atoms with Gasteiger partial charge in [0.15, 0.2) is 5.78 Å². The number of hydrogen-bond donors (Lipinski definition) is 7. The number of hydrogen-bond acceptors (Lipinski definition) is 15. The molecule has 0 bridgehead atoms. The van der Waals surface area contributed by atoms with E-state index in [1.807, 2.05) is 141 Å². The molecule has 110 heavy (non-hydrogen) atoms. The fourth-order valence-corrected chi connectivity index (χ4v) is 12.0. The fraction of sp³-hybridized carbons (Fsp3) is 0.321. The summed E-state index contributed by atoms with van der Waals surface area (Å²) in [5, 5.41) is 46.9. The lowest BCUT2D eigenvalue weighted by atomic mass is 10.1. The summed E-state index contributed by atoms with van der Waals surface area (Å²) in [4.78, 5) is 17.3. The number of methoxy groups -OCH3 is 3. The van der Waals surface area contributed by atoms with Gasteiger partial charge in [0.25, 0.3) is 0 Å². The van der Waals surface area contributed by atoms with Crippen LogP contribution in [-0.4, -0.2) is 175 Å². The summed E-state index contributed by atoms with van der Waals surface area (Å²) < 4.78 is 19.9. The van der Waals surface area contributed by atoms with Crippen molar-refractivity contribution >= 4 is 194 Å². The van der Waals surface area contributed by atoms with Crippen LogP contribution in [0.2, 0.25) is 60.3 Å². The van der Waals surface area contributed by atoms with Crippen molar-refractivity contribution in [2.45, 2.75) is 30.4 Å². The first-order chi connectivity index (χ1) is 52.6. The Bertz CT molecular complexity index is 3970. The van der Waals surface area contributed by atoms with Gasteiger partial charge in [-0.1, -0.05) is 232 Å². The molecular weight excluding hydrogens is 1780 g/mol. The van der Waals surface area contributed by atoms with Gasteiger partial charge in [-0.05, 0) is 196 Å². The number of rotatable bonds is 29. The van der Waals surface area contributed by atoms with Crippen molar-refractivity contribution in [1.29, 1.82) is 0 Å². The van der Waals surface area contributed by atoms with Crippen LogP contribution in [0.15, 0.2) is 200 Å². The number of aliphatic hydroxyl groups excluding tert-OH is 3. The zero-order chi connectivity index (χ0) is 81.5. The summed E-state index contributed by atoms with van der Waals surface area (Å²) in [5.74, 6) is 0.0710. The van der Waals surface area contributed by atoms with E-state index in [2.05, 4.69) is 64.7 Å². The molecule has 1 aliphatic rings. The van der Waals surface area contributed by atoms with E-state index < -0.39 is 12.2 Å². The summed E-state index contributed by atoms with van der Waals surface area (Å²) in [7, 11) is 13.0. The standard InChI is InChI=1S/C18H21Cl3N2O.C17H19Cl3N2O.C12H18ClNO2.C8H8BrClO.C8H6BrClO.C8H7ClO.C6H5Cl2N.C4H11NO/c1-23(9-10-24-2)12-18(13-3-5-14(19)6-4-13)22-17-8-7-15(20)11-16(17)21;1-22(8-9-23)11-17(12-2-4-13(18)5-3-12)21-16-7-6-14(19)10-15(16)20;1-14(7-8-16-2)9-12(15)10-3-5-11(13)6-4-10;2*9-5-8(11)6-1-3-7(10)4-2-6;9-7-3-1-6(2-4-7)8-5-10-8;7-4-1-2-6(9)5(8)3-4;1-5-3-4-6-2/h3-8,11,18,22H,9-10,12H2,1-2H3;2-7,10,17,21,23H,8-9,11H2,1H3;3-6,12,15H,7-9H2,1-2H3;1-4,8,11H,5H2;1-4H,5H2;1-4,8H,5H2;1-3H,9H2;5H,3-4H2,1-2H3/t18-;17-;12-;8-;;8-;;/m0000.0../s1. The van der Waals surface area contributed by atoms with E-state index in [9.17, 15) is 15.0 Å². The number of nitrogens with one attached hydrogen (secondary N) is 3. The minimum Gasteiger partial charge on any atom is -0.398 e. The minimum atomic E-state index is -0.487. The Morgan fingerprint density at radius 3 is 1.14 bits per heavy atom. The molecule has 9 aromatic carbocycles. The second kappa shape index (κ2) is 58.0. The molecule has 0 radical (unpaired) electrons. The number of halogens is 14. The number of nitrogens with two attached hydrogens (primary N) is 1. The normalized spacial score (nSPS) is 12.8. The lowest BCUT2D eigenvalue weighted by molar-refractivity contribution is 0.102. The van der Waals surface area contributed by atoms with Gasteiger partial charge in [-0.25, -0.2) is 0 Å². The van der Waals surface area contributed by atoms with Crippen LogP contribution in [0.4, 0.5) is 17.1 Å². The zero-order valence-electron chi connectivity index (χ0n) is 61.9. The summed E-state index contributed by atoms with van der Waals surface area (Å²) in [6.07, 6.45) is -0.580. The number of anilines is 3. The molecule has 8 N–H and O–H groups in total. The Kier molecular flexibility index (Phi) is 52.8. The maximum absolute atomic E-state index is 11.0. The zero-order valence-corrected chi connectivity index (χ0v) is 74.2. The highest BCUT2D eigenvalue weighted by Crippen LogP contribution is 2.33. The Morgan fingerprint density at radius 1 is 0.473 bits per heavy atom. The van der Waals surface area contributed by atoms with E-state index in [1.165, 1.54) is 5.56 Å². The van der Waals surface area contributed by atoms with Gasteiger partial charge in [0.1, 0.15) is 6.10 Å². The number of carbonyl (C=O) groups excluding carboxylic acids is 1. The summed E-state index contributed by atoms with van der Waals surface area (Å²) in [6, 6.07) is 60.4. The molecule has 15 nitrogen and oxygen atoms in total. The van der Waals surface area contributed by atoms with Gasteiger partial charge in [-0.2, -0.15) is 0 Å². The molecule has 0 aliphatic carbocycles. The summed E-state index contributed by atoms with van der Waals surface area (Å²) in [5.41, 5.74) is 13.5. The predicted molar refractivity (Wildman–Crippen MR) is 475 cm³/mol. The van der Waals surface area contributed by atoms with Crippen molar-refractivity contribution in [3.8, 4) is 0 Å². The molecule has 0 amide bonds. The number of nitrogen functional groups attached to an aromatic ring is 1. The Hall–Kier alpha value is -3.95. The van der Waals surface area contributed by atoms with Crippen molar-refractivity contribution in [2.75, 3.05) is 155 Å². The monoisotopic (exact) mass is 1870 g/mol. The van der Waals surface area contributed by atoms with Crippen molar-refractivity contribution in [1.82, 2.24) is 20.0 Å². The molecule has 5 atom stereocenters. The van der Waals surface area contributed by atoms with E-state index in [0.29, 0.717) is 111 Å². The quantitative estimate of drug-likeness (QED) is 0.00770. The van der Waals surface area contributed by atoms with E-state index in [1.54, 1.807) is 106 Å². The molecule has 29 heteroatoms. The van der Waals surface area contributed by atoms with Gasteiger partial charge < -0.3 is 70.7 Å². The summed E-state index contributed by atoms with van der Waals surface area (Å²) >= 11 is 76.7. The third-order valence-corrected chi connectivity index (χ3v) is 19.7. The van der Waals surface area contributed by atoms with E-state index in [0.717, 1.165) is 83.1 Å². The highest BCUT2D eigenvalue weighted by Gasteiger charge is 2.24. The van der Waals surface area contributed by atoms with Gasteiger partial charge in [0, 0.05) is 123 Å².